The predicted molar refractivity (Wildman–Crippen MR) is 110 cm³/mol. The van der Waals surface area contributed by atoms with Crippen molar-refractivity contribution in [2.24, 2.45) is 0 Å². The van der Waals surface area contributed by atoms with Crippen molar-refractivity contribution in [3.05, 3.63) is 83.2 Å². The zero-order chi connectivity index (χ0) is 20.2. The van der Waals surface area contributed by atoms with Crippen LogP contribution in [0.25, 0.3) is 0 Å². The fraction of sp³-hybridized carbons (Fsp3) is 0.217. The molecule has 0 aliphatic carbocycles. The van der Waals surface area contributed by atoms with Crippen molar-refractivity contribution in [2.45, 2.75) is 26.0 Å². The maximum absolute atomic E-state index is 11.0. The molecule has 2 heterocycles. The maximum Gasteiger partial charge on any atom is 0.335 e. The minimum Gasteiger partial charge on any atom is -0.493 e. The summed E-state index contributed by atoms with van der Waals surface area (Å²) in [5.74, 6) is 0.594. The molecule has 1 atom stereocenters. The lowest BCUT2D eigenvalue weighted by Crippen LogP contribution is -2.10. The van der Waals surface area contributed by atoms with Crippen molar-refractivity contribution < 1.29 is 19.4 Å². The smallest absolute Gasteiger partial charge is 0.335 e. The van der Waals surface area contributed by atoms with Gasteiger partial charge >= 0.3 is 5.97 Å². The van der Waals surface area contributed by atoms with Crippen LogP contribution in [-0.2, 0) is 13.0 Å². The Morgan fingerprint density at radius 2 is 2.07 bits per heavy atom. The molecule has 0 spiro atoms. The summed E-state index contributed by atoms with van der Waals surface area (Å²) in [4.78, 5) is 15.4. The first-order valence-electron chi connectivity index (χ1n) is 9.52. The van der Waals surface area contributed by atoms with Crippen LogP contribution in [0.2, 0.25) is 0 Å². The number of carbonyl (C=O) groups is 1. The summed E-state index contributed by atoms with van der Waals surface area (Å²) in [5.41, 5.74) is 4.12. The van der Waals surface area contributed by atoms with Gasteiger partial charge in [-0.2, -0.15) is 0 Å². The van der Waals surface area contributed by atoms with E-state index < -0.39 is 5.97 Å². The molecule has 6 heteroatoms. The third-order valence-corrected chi connectivity index (χ3v) is 4.89. The second kappa shape index (κ2) is 8.22. The highest BCUT2D eigenvalue weighted by atomic mass is 16.5. The molecule has 0 bridgehead atoms. The Kier molecular flexibility index (Phi) is 5.33. The Hall–Kier alpha value is -3.54. The number of carboxylic acids is 1. The minimum atomic E-state index is -0.941. The average Bonchev–Trinajstić information content (AvgIpc) is 3.20. The van der Waals surface area contributed by atoms with Gasteiger partial charge < -0.3 is 19.9 Å². The number of nitrogens with one attached hydrogen (secondary N) is 1. The van der Waals surface area contributed by atoms with E-state index in [9.17, 15) is 4.79 Å². The molecule has 0 amide bonds. The average molecular weight is 390 g/mol. The number of carboxylic acid groups (broad SMARTS) is 1. The largest absolute Gasteiger partial charge is 0.493 e. The lowest BCUT2D eigenvalue weighted by molar-refractivity contribution is 0.0697. The fourth-order valence-electron chi connectivity index (χ4n) is 3.28. The van der Waals surface area contributed by atoms with Crippen LogP contribution < -0.4 is 14.8 Å². The molecule has 3 aromatic rings. The quantitative estimate of drug-likeness (QED) is 0.620. The molecule has 29 heavy (non-hydrogen) atoms. The molecule has 0 radical (unpaired) electrons. The molecule has 0 saturated carbocycles. The van der Waals surface area contributed by atoms with Crippen LogP contribution in [0.4, 0.5) is 5.69 Å². The summed E-state index contributed by atoms with van der Waals surface area (Å²) in [7, 11) is 0. The number of benzene rings is 2. The van der Waals surface area contributed by atoms with Crippen LogP contribution in [0.3, 0.4) is 0 Å². The number of ether oxygens (including phenoxy) is 2. The van der Waals surface area contributed by atoms with Crippen molar-refractivity contribution >= 4 is 11.7 Å². The summed E-state index contributed by atoms with van der Waals surface area (Å²) in [5, 5.41) is 12.5. The Balaban J connectivity index is 1.54. The normalized spacial score (nSPS) is 13.3. The third-order valence-electron chi connectivity index (χ3n) is 4.89. The number of nitrogens with zero attached hydrogens (tertiary/aromatic N) is 1. The van der Waals surface area contributed by atoms with Crippen molar-refractivity contribution in [1.29, 1.82) is 0 Å². The highest BCUT2D eigenvalue weighted by molar-refractivity contribution is 5.87. The first kappa shape index (κ1) is 18.8. The Bertz CT molecular complexity index is 1000. The molecule has 2 aromatic carbocycles. The van der Waals surface area contributed by atoms with Crippen LogP contribution >= 0.6 is 0 Å². The number of anilines is 1. The van der Waals surface area contributed by atoms with Crippen LogP contribution in [-0.4, -0.2) is 22.7 Å². The monoisotopic (exact) mass is 390 g/mol. The van der Waals surface area contributed by atoms with E-state index in [1.54, 1.807) is 30.5 Å². The first-order chi connectivity index (χ1) is 14.1. The first-order valence-corrected chi connectivity index (χ1v) is 9.52. The maximum atomic E-state index is 11.0. The van der Waals surface area contributed by atoms with Crippen molar-refractivity contribution in [1.82, 2.24) is 4.98 Å². The van der Waals surface area contributed by atoms with Gasteiger partial charge in [-0.15, -0.1) is 0 Å². The number of fused-ring (bicyclic) bond motifs is 1. The Morgan fingerprint density at radius 3 is 2.79 bits per heavy atom. The highest BCUT2D eigenvalue weighted by Gasteiger charge is 2.19. The van der Waals surface area contributed by atoms with Gasteiger partial charge in [-0.1, -0.05) is 18.2 Å². The van der Waals surface area contributed by atoms with E-state index in [1.807, 2.05) is 24.3 Å². The molecule has 6 nitrogen and oxygen atoms in total. The third kappa shape index (κ3) is 4.32. The predicted octanol–water partition coefficient (Wildman–Crippen LogP) is 4.47. The van der Waals surface area contributed by atoms with Crippen LogP contribution in [0, 0.1) is 0 Å². The molecule has 4 rings (SSSR count). The molecule has 148 valence electrons. The van der Waals surface area contributed by atoms with Crippen molar-refractivity contribution in [3.63, 3.8) is 0 Å². The summed E-state index contributed by atoms with van der Waals surface area (Å²) in [6.07, 6.45) is 2.65. The number of aromatic nitrogens is 1. The van der Waals surface area contributed by atoms with Gasteiger partial charge in [0.15, 0.2) is 0 Å². The minimum absolute atomic E-state index is 0.00812. The number of pyridine rings is 1. The summed E-state index contributed by atoms with van der Waals surface area (Å²) in [6, 6.07) is 16.5. The van der Waals surface area contributed by atoms with E-state index >= 15 is 0 Å². The van der Waals surface area contributed by atoms with Gasteiger partial charge in [-0.3, -0.25) is 4.98 Å². The van der Waals surface area contributed by atoms with E-state index in [0.29, 0.717) is 19.0 Å². The zero-order valence-electron chi connectivity index (χ0n) is 16.1. The molecular formula is C23H22N2O4. The van der Waals surface area contributed by atoms with Crippen molar-refractivity contribution in [3.8, 4) is 11.5 Å². The standard InChI is InChI=1S/C23H22N2O4/c1-15(19-4-2-3-10-24-19)25-20-12-18-9-11-28-21(18)13-22(20)29-14-16-5-7-17(8-6-16)23(26)27/h2-8,10,12-13,15,25H,9,11,14H2,1H3,(H,26,27). The van der Waals surface area contributed by atoms with E-state index in [2.05, 4.69) is 23.3 Å². The molecule has 0 fully saturated rings. The van der Waals surface area contributed by atoms with Gasteiger partial charge in [0.25, 0.3) is 0 Å². The lowest BCUT2D eigenvalue weighted by atomic mass is 10.1. The molecule has 1 unspecified atom stereocenters. The van der Waals surface area contributed by atoms with E-state index in [1.165, 1.54) is 0 Å². The van der Waals surface area contributed by atoms with Crippen LogP contribution in [0.5, 0.6) is 11.5 Å². The second-order valence-electron chi connectivity index (χ2n) is 6.97. The number of hydrogen-bond donors (Lipinski definition) is 2. The van der Waals surface area contributed by atoms with Gasteiger partial charge in [0.05, 0.1) is 29.6 Å². The molecule has 1 aliphatic rings. The van der Waals surface area contributed by atoms with Gasteiger partial charge in [-0.25, -0.2) is 4.79 Å². The fourth-order valence-corrected chi connectivity index (χ4v) is 3.28. The second-order valence-corrected chi connectivity index (χ2v) is 6.97. The summed E-state index contributed by atoms with van der Waals surface area (Å²) in [6.45, 7) is 3.05. The Morgan fingerprint density at radius 1 is 1.24 bits per heavy atom. The van der Waals surface area contributed by atoms with Gasteiger partial charge in [0.1, 0.15) is 18.1 Å². The molecule has 1 aliphatic heterocycles. The highest BCUT2D eigenvalue weighted by Crippen LogP contribution is 2.38. The van der Waals surface area contributed by atoms with E-state index in [4.69, 9.17) is 14.6 Å². The van der Waals surface area contributed by atoms with Gasteiger partial charge in [0.2, 0.25) is 0 Å². The molecule has 0 saturated heterocycles. The zero-order valence-corrected chi connectivity index (χ0v) is 16.1. The number of hydrogen-bond acceptors (Lipinski definition) is 5. The van der Waals surface area contributed by atoms with Gasteiger partial charge in [-0.05, 0) is 48.4 Å². The summed E-state index contributed by atoms with van der Waals surface area (Å²) < 4.78 is 11.8. The lowest BCUT2D eigenvalue weighted by Gasteiger charge is -2.19. The van der Waals surface area contributed by atoms with Crippen molar-refractivity contribution in [2.75, 3.05) is 11.9 Å². The van der Waals surface area contributed by atoms with E-state index in [-0.39, 0.29) is 11.6 Å². The number of rotatable bonds is 7. The van der Waals surface area contributed by atoms with Crippen LogP contribution in [0.15, 0.2) is 60.8 Å². The molecule has 2 N–H and O–H groups in total. The Labute approximate surface area is 169 Å². The topological polar surface area (TPSA) is 80.7 Å². The number of aromatic carboxylic acids is 1. The van der Waals surface area contributed by atoms with E-state index in [0.717, 1.165) is 34.7 Å². The molecular weight excluding hydrogens is 368 g/mol. The molecule has 1 aromatic heterocycles. The van der Waals surface area contributed by atoms with Crippen LogP contribution in [0.1, 0.15) is 40.1 Å². The van der Waals surface area contributed by atoms with Gasteiger partial charge in [0, 0.05) is 18.7 Å². The SMILES string of the molecule is CC(Nc1cc2c(cc1OCc1ccc(C(=O)O)cc1)OCC2)c1ccccn1. The summed E-state index contributed by atoms with van der Waals surface area (Å²) >= 11 is 0.